The van der Waals surface area contributed by atoms with Gasteiger partial charge in [0.25, 0.3) is 5.91 Å². The number of nitrogens with zero attached hydrogens (tertiary/aromatic N) is 2. The molecule has 1 aliphatic rings. The van der Waals surface area contributed by atoms with E-state index in [-0.39, 0.29) is 71.0 Å². The van der Waals surface area contributed by atoms with Crippen molar-refractivity contribution in [3.05, 3.63) is 51.7 Å². The molecule has 3 rings (SSSR count). The van der Waals surface area contributed by atoms with E-state index in [9.17, 15) is 14.7 Å². The van der Waals surface area contributed by atoms with Gasteiger partial charge in [-0.05, 0) is 36.0 Å². The highest BCUT2D eigenvalue weighted by Gasteiger charge is 2.32. The van der Waals surface area contributed by atoms with Crippen molar-refractivity contribution in [2.45, 2.75) is 65.8 Å². The fourth-order valence-corrected chi connectivity index (χ4v) is 4.17. The average molecular weight is 517 g/mol. The van der Waals surface area contributed by atoms with Crippen LogP contribution >= 0.6 is 12.4 Å². The summed E-state index contributed by atoms with van der Waals surface area (Å²) in [6.07, 6.45) is 0. The molecule has 0 aliphatic carbocycles. The van der Waals surface area contributed by atoms with Crippen LogP contribution in [0, 0.1) is 5.41 Å². The molecule has 1 amide bonds. The first-order valence-corrected chi connectivity index (χ1v) is 11.8. The number of carbonyl (C=O) groups excluding carboxylic acids is 2. The molecule has 9 heteroatoms. The summed E-state index contributed by atoms with van der Waals surface area (Å²) in [4.78, 5) is 31.9. The van der Waals surface area contributed by atoms with E-state index in [0.717, 1.165) is 0 Å². The number of pyridine rings is 1. The number of aromatic nitrogens is 1. The third-order valence-electron chi connectivity index (χ3n) is 6.11. The van der Waals surface area contributed by atoms with E-state index < -0.39 is 0 Å². The van der Waals surface area contributed by atoms with Crippen LogP contribution in [0.2, 0.25) is 0 Å². The molecule has 8 nitrogen and oxygen atoms in total. The number of rotatable bonds is 6. The number of aromatic hydroxyl groups is 1. The Balaban J connectivity index is 0.00000456. The van der Waals surface area contributed by atoms with Gasteiger partial charge in [0.05, 0.1) is 25.4 Å². The lowest BCUT2D eigenvalue weighted by molar-refractivity contribution is 0.0952. The van der Waals surface area contributed by atoms with Crippen LogP contribution in [-0.4, -0.2) is 52.7 Å². The van der Waals surface area contributed by atoms with Crippen molar-refractivity contribution in [3.63, 3.8) is 0 Å². The second-order valence-electron chi connectivity index (χ2n) is 10.9. The van der Waals surface area contributed by atoms with Crippen molar-refractivity contribution in [2.75, 3.05) is 20.2 Å². The van der Waals surface area contributed by atoms with Crippen molar-refractivity contribution in [3.8, 4) is 11.6 Å². The van der Waals surface area contributed by atoms with E-state index in [2.05, 4.69) is 10.3 Å². The van der Waals surface area contributed by atoms with Crippen LogP contribution in [0.25, 0.3) is 0 Å². The summed E-state index contributed by atoms with van der Waals surface area (Å²) in [6, 6.07) is 5.12. The van der Waals surface area contributed by atoms with Gasteiger partial charge >= 0.3 is 0 Å². The Morgan fingerprint density at radius 3 is 2.14 bits per heavy atom. The molecule has 0 bridgehead atoms. The Hall–Kier alpha value is -3.13. The lowest BCUT2D eigenvalue weighted by atomic mass is 9.78. The fourth-order valence-electron chi connectivity index (χ4n) is 4.17. The van der Waals surface area contributed by atoms with Gasteiger partial charge in [0.15, 0.2) is 5.78 Å². The molecule has 0 unspecified atom stereocenters. The number of ketones is 1. The largest absolute Gasteiger partial charge is 0.507 e. The Kier molecular flexibility index (Phi) is 8.46. The molecule has 3 N–H and O–H groups in total. The standard InChI is InChI=1S/C27H36N4O4.ClH/c1-9-35-25-17(24(34)29-8)12-16-20(30-25)13-31(23(16)28)14-21(32)15-10-18(26(2,3)4)22(33)19(11-15)27(5,6)7;/h10-12,28,33H,9,13-14H2,1-8H3,(H,29,34);1H. The van der Waals surface area contributed by atoms with E-state index in [1.54, 1.807) is 23.1 Å². The first-order valence-electron chi connectivity index (χ1n) is 11.8. The number of Topliss-reactive ketones (excluding diaryl/α,β-unsaturated/α-hetero) is 1. The third-order valence-corrected chi connectivity index (χ3v) is 6.11. The molecular weight excluding hydrogens is 480 g/mol. The molecule has 196 valence electrons. The number of amides is 1. The van der Waals surface area contributed by atoms with Crippen LogP contribution in [0.15, 0.2) is 18.2 Å². The maximum Gasteiger partial charge on any atom is 0.256 e. The molecule has 36 heavy (non-hydrogen) atoms. The highest BCUT2D eigenvalue weighted by Crippen LogP contribution is 2.40. The minimum Gasteiger partial charge on any atom is -0.507 e. The molecule has 2 aromatic rings. The summed E-state index contributed by atoms with van der Waals surface area (Å²) >= 11 is 0. The van der Waals surface area contributed by atoms with Crippen molar-refractivity contribution < 1.29 is 19.4 Å². The zero-order valence-corrected chi connectivity index (χ0v) is 23.1. The van der Waals surface area contributed by atoms with Gasteiger partial charge in [0.2, 0.25) is 5.88 Å². The number of carbonyl (C=O) groups is 2. The highest BCUT2D eigenvalue weighted by molar-refractivity contribution is 6.07. The maximum atomic E-state index is 13.4. The number of phenols is 1. The fraction of sp³-hybridized carbons (Fsp3) is 0.481. The van der Waals surface area contributed by atoms with E-state index in [4.69, 9.17) is 10.1 Å². The zero-order valence-electron chi connectivity index (χ0n) is 22.3. The molecule has 2 heterocycles. The Labute approximate surface area is 219 Å². The summed E-state index contributed by atoms with van der Waals surface area (Å²) in [5.41, 5.74) is 2.58. The van der Waals surface area contributed by atoms with Crippen molar-refractivity contribution in [1.82, 2.24) is 15.2 Å². The predicted molar refractivity (Wildman–Crippen MR) is 143 cm³/mol. The molecule has 0 spiro atoms. The lowest BCUT2D eigenvalue weighted by Crippen LogP contribution is -2.31. The molecule has 1 aromatic carbocycles. The Morgan fingerprint density at radius 2 is 1.67 bits per heavy atom. The van der Waals surface area contributed by atoms with Crippen LogP contribution in [0.5, 0.6) is 11.6 Å². The molecule has 0 radical (unpaired) electrons. The summed E-state index contributed by atoms with van der Waals surface area (Å²) in [5, 5.41) is 22.2. The first-order chi connectivity index (χ1) is 16.2. The monoisotopic (exact) mass is 516 g/mol. The number of hydrogen-bond donors (Lipinski definition) is 3. The number of fused-ring (bicyclic) bond motifs is 1. The lowest BCUT2D eigenvalue weighted by Gasteiger charge is -2.28. The normalized spacial score (nSPS) is 13.2. The van der Waals surface area contributed by atoms with Gasteiger partial charge in [-0.25, -0.2) is 4.98 Å². The minimum absolute atomic E-state index is 0. The number of phenolic OH excluding ortho intramolecular Hbond substituents is 1. The quantitative estimate of drug-likeness (QED) is 0.484. The van der Waals surface area contributed by atoms with E-state index >= 15 is 0 Å². The number of halogens is 1. The first kappa shape index (κ1) is 29.1. The highest BCUT2D eigenvalue weighted by atomic mass is 35.5. The smallest absolute Gasteiger partial charge is 0.256 e. The van der Waals surface area contributed by atoms with Gasteiger partial charge < -0.3 is 20.1 Å². The van der Waals surface area contributed by atoms with Gasteiger partial charge in [0, 0.05) is 29.3 Å². The van der Waals surface area contributed by atoms with Crippen LogP contribution in [-0.2, 0) is 17.4 Å². The van der Waals surface area contributed by atoms with Gasteiger partial charge in [-0.2, -0.15) is 0 Å². The van der Waals surface area contributed by atoms with Crippen LogP contribution in [0.3, 0.4) is 0 Å². The molecular formula is C27H37ClN4O4. The molecule has 1 aliphatic heterocycles. The Bertz CT molecular complexity index is 1160. The van der Waals surface area contributed by atoms with Crippen LogP contribution in [0.1, 0.15) is 91.6 Å². The predicted octanol–water partition coefficient (Wildman–Crippen LogP) is 4.59. The molecule has 1 aromatic heterocycles. The Morgan fingerprint density at radius 1 is 1.11 bits per heavy atom. The summed E-state index contributed by atoms with van der Waals surface area (Å²) in [5.74, 6) is 0.0709. The van der Waals surface area contributed by atoms with E-state index in [1.807, 2.05) is 48.5 Å². The van der Waals surface area contributed by atoms with Crippen LogP contribution in [0.4, 0.5) is 0 Å². The number of ether oxygens (including phenoxy) is 1. The number of nitrogens with one attached hydrogen (secondary N) is 2. The number of hydrogen-bond acceptors (Lipinski definition) is 6. The van der Waals surface area contributed by atoms with Gasteiger partial charge in [-0.3, -0.25) is 15.0 Å². The van der Waals surface area contributed by atoms with Crippen molar-refractivity contribution in [1.29, 1.82) is 5.41 Å². The summed E-state index contributed by atoms with van der Waals surface area (Å²) in [7, 11) is 1.52. The van der Waals surface area contributed by atoms with E-state index in [1.165, 1.54) is 7.05 Å². The summed E-state index contributed by atoms with van der Waals surface area (Å²) < 4.78 is 5.56. The van der Waals surface area contributed by atoms with Crippen molar-refractivity contribution in [2.24, 2.45) is 0 Å². The van der Waals surface area contributed by atoms with Gasteiger partial charge in [-0.1, -0.05) is 41.5 Å². The minimum atomic E-state index is -0.354. The molecule has 0 fully saturated rings. The molecule has 0 saturated carbocycles. The van der Waals surface area contributed by atoms with Crippen molar-refractivity contribution >= 4 is 29.9 Å². The second kappa shape index (κ2) is 10.5. The maximum absolute atomic E-state index is 13.4. The molecule has 0 saturated heterocycles. The van der Waals surface area contributed by atoms with E-state index in [0.29, 0.717) is 34.6 Å². The average Bonchev–Trinajstić information content (AvgIpc) is 3.05. The third kappa shape index (κ3) is 5.64. The molecule has 0 atom stereocenters. The van der Waals surface area contributed by atoms with Gasteiger partial charge in [0.1, 0.15) is 17.1 Å². The van der Waals surface area contributed by atoms with Crippen LogP contribution < -0.4 is 10.1 Å². The topological polar surface area (TPSA) is 116 Å². The zero-order chi connectivity index (χ0) is 26.3. The second-order valence-corrected chi connectivity index (χ2v) is 10.9. The number of benzene rings is 1. The SMILES string of the molecule is CCOc1nc2c(cc1C(=O)NC)C(=N)N(CC(=O)c1cc(C(C)(C)C)c(O)c(C(C)(C)C)c1)C2.Cl. The summed E-state index contributed by atoms with van der Waals surface area (Å²) in [6.45, 7) is 14.4. The number of amidine groups is 1. The van der Waals surface area contributed by atoms with Gasteiger partial charge in [-0.15, -0.1) is 12.4 Å².